The normalized spacial score (nSPS) is 19.0. The van der Waals surface area contributed by atoms with Gasteiger partial charge in [0.05, 0.1) is 24.5 Å². The van der Waals surface area contributed by atoms with E-state index in [0.717, 1.165) is 74.5 Å². The molecule has 1 aromatic carbocycles. The summed E-state index contributed by atoms with van der Waals surface area (Å²) in [5.74, 6) is 0.383. The maximum Gasteiger partial charge on any atom is 0.337 e. The molecule has 0 aliphatic carbocycles. The largest absolute Gasteiger partial charge is 0.479 e. The number of carbonyl (C=O) groups is 1. The molecule has 47 heavy (non-hydrogen) atoms. The fraction of sp³-hybridized carbons (Fsp3) is 0.583. The van der Waals surface area contributed by atoms with Gasteiger partial charge in [-0.1, -0.05) is 32.0 Å². The number of pyridine rings is 1. The highest BCUT2D eigenvalue weighted by Gasteiger charge is 2.37. The second-order valence-electron chi connectivity index (χ2n) is 14.9. The van der Waals surface area contributed by atoms with Gasteiger partial charge in [0.15, 0.2) is 6.10 Å². The summed E-state index contributed by atoms with van der Waals surface area (Å²) < 4.78 is 11.8. The number of carboxylic acids is 1. The van der Waals surface area contributed by atoms with Crippen LogP contribution in [0.15, 0.2) is 24.5 Å². The zero-order valence-electron chi connectivity index (χ0n) is 29.0. The van der Waals surface area contributed by atoms with Crippen LogP contribution in [-0.2, 0) is 27.2 Å². The number of aryl methyl sites for hydroxylation is 2. The highest BCUT2D eigenvalue weighted by atomic mass is 16.5. The van der Waals surface area contributed by atoms with Gasteiger partial charge in [-0.15, -0.1) is 0 Å². The molecule has 0 unspecified atom stereocenters. The average Bonchev–Trinajstić information content (AvgIpc) is 3.03. The number of benzene rings is 1. The number of morpholine rings is 1. The van der Waals surface area contributed by atoms with Crippen LogP contribution in [0, 0.1) is 19.3 Å². The van der Waals surface area contributed by atoms with E-state index in [1.807, 2.05) is 34.6 Å². The molecule has 11 heteroatoms. The Hall–Kier alpha value is -3.83. The number of ether oxygens (including phenoxy) is 2. The number of hydrogen-bond donors (Lipinski definition) is 1. The first-order valence-electron chi connectivity index (χ1n) is 16.9. The summed E-state index contributed by atoms with van der Waals surface area (Å²) in [5, 5.41) is 10.5. The molecule has 1 atom stereocenters. The van der Waals surface area contributed by atoms with Crippen molar-refractivity contribution in [3.8, 4) is 11.1 Å². The van der Waals surface area contributed by atoms with E-state index >= 15 is 0 Å². The summed E-state index contributed by atoms with van der Waals surface area (Å²) in [4.78, 5) is 38.3. The first-order valence-corrected chi connectivity index (χ1v) is 16.9. The Labute approximate surface area is 278 Å². The van der Waals surface area contributed by atoms with Gasteiger partial charge in [0.25, 0.3) is 0 Å². The molecule has 0 radical (unpaired) electrons. The Balaban J connectivity index is 1.37. The first kappa shape index (κ1) is 33.1. The molecule has 5 heterocycles. The molecule has 2 saturated heterocycles. The van der Waals surface area contributed by atoms with Gasteiger partial charge >= 0.3 is 5.97 Å². The van der Waals surface area contributed by atoms with Crippen molar-refractivity contribution in [2.75, 3.05) is 60.6 Å². The van der Waals surface area contributed by atoms with Crippen molar-refractivity contribution in [3.63, 3.8) is 0 Å². The monoisotopic (exact) mass is 643 g/mol. The number of piperidine rings is 1. The van der Waals surface area contributed by atoms with Crippen LogP contribution in [-0.4, -0.2) is 82.6 Å². The van der Waals surface area contributed by atoms with Gasteiger partial charge in [-0.3, -0.25) is 4.98 Å². The zero-order chi connectivity index (χ0) is 33.5. The predicted molar refractivity (Wildman–Crippen MR) is 183 cm³/mol. The van der Waals surface area contributed by atoms with Crippen molar-refractivity contribution in [2.45, 2.75) is 86.0 Å². The molecule has 1 N–H and O–H groups in total. The molecule has 252 valence electrons. The summed E-state index contributed by atoms with van der Waals surface area (Å²) in [6.07, 6.45) is 3.35. The summed E-state index contributed by atoms with van der Waals surface area (Å²) in [6.45, 7) is 20.4. The maximum atomic E-state index is 12.9. The quantitative estimate of drug-likeness (QED) is 0.351. The van der Waals surface area contributed by atoms with E-state index < -0.39 is 17.7 Å². The number of hydrogen-bond acceptors (Lipinski definition) is 10. The lowest BCUT2D eigenvalue weighted by molar-refractivity contribution is -0.160. The number of fused-ring (bicyclic) bond motifs is 1. The van der Waals surface area contributed by atoms with Crippen LogP contribution >= 0.6 is 0 Å². The van der Waals surface area contributed by atoms with E-state index in [-0.39, 0.29) is 5.41 Å². The van der Waals surface area contributed by atoms with E-state index in [1.165, 1.54) is 11.1 Å². The molecule has 0 bridgehead atoms. The fourth-order valence-corrected chi connectivity index (χ4v) is 6.98. The standard InChI is InChI=1S/C36H49N7O4/c1-23-28(30(41-14-11-36(6,7)12-15-41)29(24(2)39-23)31(32(44)45)47-35(3,4)5)26-8-9-27-21-43(13-10-25(27)20-26)34-38-22-37-33(40-34)42-16-18-46-19-17-42/h8-9,20,22,31H,10-19,21H2,1-7H3,(H,44,45)/t31-/m0/s1. The Kier molecular flexibility index (Phi) is 9.15. The van der Waals surface area contributed by atoms with Crippen LogP contribution in [0.5, 0.6) is 0 Å². The highest BCUT2D eigenvalue weighted by Crippen LogP contribution is 2.45. The van der Waals surface area contributed by atoms with Gasteiger partial charge in [0, 0.05) is 61.8 Å². The third-order valence-corrected chi connectivity index (χ3v) is 9.60. The van der Waals surface area contributed by atoms with E-state index in [9.17, 15) is 9.90 Å². The van der Waals surface area contributed by atoms with Crippen molar-refractivity contribution < 1.29 is 19.4 Å². The van der Waals surface area contributed by atoms with E-state index in [4.69, 9.17) is 19.4 Å². The maximum absolute atomic E-state index is 12.9. The molecule has 11 nitrogen and oxygen atoms in total. The van der Waals surface area contributed by atoms with Crippen molar-refractivity contribution in [1.29, 1.82) is 0 Å². The number of aromatic nitrogens is 4. The van der Waals surface area contributed by atoms with Gasteiger partial charge in [-0.05, 0) is 76.0 Å². The molecule has 3 aliphatic heterocycles. The van der Waals surface area contributed by atoms with Crippen molar-refractivity contribution in [1.82, 2.24) is 19.9 Å². The SMILES string of the molecule is Cc1nc(C)c([C@H](OC(C)(C)C)C(=O)O)c(N2CCC(C)(C)CC2)c1-c1ccc2c(c1)CCN(c1ncnc(N3CCOCC3)n1)C2. The minimum absolute atomic E-state index is 0.237. The number of rotatable bonds is 7. The van der Waals surface area contributed by atoms with Gasteiger partial charge < -0.3 is 29.3 Å². The predicted octanol–water partition coefficient (Wildman–Crippen LogP) is 5.52. The molecule has 0 saturated carbocycles. The van der Waals surface area contributed by atoms with Gasteiger partial charge in [0.2, 0.25) is 11.9 Å². The number of nitrogens with zero attached hydrogens (tertiary/aromatic N) is 7. The van der Waals surface area contributed by atoms with E-state index in [1.54, 1.807) is 6.33 Å². The minimum atomic E-state index is -1.14. The Bertz CT molecular complexity index is 1620. The highest BCUT2D eigenvalue weighted by molar-refractivity contribution is 5.88. The number of anilines is 3. The molecular formula is C36H49N7O4. The van der Waals surface area contributed by atoms with Gasteiger partial charge in [-0.25, -0.2) is 14.8 Å². The summed E-state index contributed by atoms with van der Waals surface area (Å²) in [7, 11) is 0. The van der Waals surface area contributed by atoms with Crippen LogP contribution < -0.4 is 14.7 Å². The van der Waals surface area contributed by atoms with Crippen LogP contribution in [0.4, 0.5) is 17.6 Å². The third kappa shape index (κ3) is 7.21. The van der Waals surface area contributed by atoms with Crippen LogP contribution in [0.2, 0.25) is 0 Å². The zero-order valence-corrected chi connectivity index (χ0v) is 29.0. The van der Waals surface area contributed by atoms with E-state index in [2.05, 4.69) is 56.7 Å². The Morgan fingerprint density at radius 3 is 2.26 bits per heavy atom. The molecule has 3 aromatic rings. The molecule has 2 fully saturated rings. The lowest BCUT2D eigenvalue weighted by Gasteiger charge is -2.41. The summed E-state index contributed by atoms with van der Waals surface area (Å²) in [6, 6.07) is 6.64. The Morgan fingerprint density at radius 1 is 0.915 bits per heavy atom. The second kappa shape index (κ2) is 13.0. The molecule has 6 rings (SSSR count). The average molecular weight is 644 g/mol. The summed E-state index contributed by atoms with van der Waals surface area (Å²) >= 11 is 0. The van der Waals surface area contributed by atoms with Crippen LogP contribution in [0.3, 0.4) is 0 Å². The first-order chi connectivity index (χ1) is 22.3. The molecule has 3 aliphatic rings. The van der Waals surface area contributed by atoms with E-state index in [0.29, 0.717) is 42.9 Å². The fourth-order valence-electron chi connectivity index (χ4n) is 6.98. The molecule has 0 spiro atoms. The third-order valence-electron chi connectivity index (χ3n) is 9.60. The summed E-state index contributed by atoms with van der Waals surface area (Å²) in [5.41, 5.74) is 7.32. The molecule has 2 aromatic heterocycles. The number of aliphatic carboxylic acids is 1. The van der Waals surface area contributed by atoms with Crippen molar-refractivity contribution >= 4 is 23.6 Å². The number of carboxylic acid groups (broad SMARTS) is 1. The molecular weight excluding hydrogens is 594 g/mol. The van der Waals surface area contributed by atoms with Gasteiger partial charge in [0.1, 0.15) is 6.33 Å². The second-order valence-corrected chi connectivity index (χ2v) is 14.9. The minimum Gasteiger partial charge on any atom is -0.479 e. The van der Waals surface area contributed by atoms with Gasteiger partial charge in [-0.2, -0.15) is 4.98 Å². The topological polar surface area (TPSA) is 117 Å². The Morgan fingerprint density at radius 2 is 1.60 bits per heavy atom. The lowest BCUT2D eigenvalue weighted by atomic mass is 9.81. The van der Waals surface area contributed by atoms with Crippen LogP contribution in [0.25, 0.3) is 11.1 Å². The van der Waals surface area contributed by atoms with Crippen molar-refractivity contribution in [2.24, 2.45) is 5.41 Å². The molecule has 0 amide bonds. The van der Waals surface area contributed by atoms with Crippen LogP contribution in [0.1, 0.15) is 81.6 Å². The lowest BCUT2D eigenvalue weighted by Crippen LogP contribution is -2.39. The van der Waals surface area contributed by atoms with Crippen molar-refractivity contribution in [3.05, 3.63) is 52.6 Å². The smallest absolute Gasteiger partial charge is 0.337 e.